The minimum Gasteiger partial charge on any atom is -0.495 e. The molecule has 0 bridgehead atoms. The Bertz CT molecular complexity index is 2080. The average molecular weight is 701 g/mol. The van der Waals surface area contributed by atoms with Crippen molar-refractivity contribution in [3.05, 3.63) is 152 Å². The maximum atomic E-state index is 14.2. The molecule has 0 aliphatic rings. The fourth-order valence-corrected chi connectivity index (χ4v) is 7.52. The van der Waals surface area contributed by atoms with Gasteiger partial charge < -0.3 is 10.1 Å². The van der Waals surface area contributed by atoms with Crippen molar-refractivity contribution in [2.24, 2.45) is 0 Å². The van der Waals surface area contributed by atoms with E-state index in [2.05, 4.69) is 40.7 Å². The van der Waals surface area contributed by atoms with Crippen LogP contribution in [0.4, 0.5) is 5.69 Å². The van der Waals surface area contributed by atoms with Crippen LogP contribution in [0.15, 0.2) is 132 Å². The number of rotatable bonds is 11. The first-order valence-corrected chi connectivity index (χ1v) is 17.9. The molecule has 1 atom stereocenters. The lowest BCUT2D eigenvalue weighted by Gasteiger charge is -2.29. The normalized spacial score (nSPS) is 11.2. The maximum absolute atomic E-state index is 14.2. The minimum atomic E-state index is -1.00. The molecular weight excluding hydrogens is 668 g/mol. The number of methoxy groups -OCH3 is 1. The van der Waals surface area contributed by atoms with E-state index in [-0.39, 0.29) is 5.91 Å². The van der Waals surface area contributed by atoms with E-state index in [0.29, 0.717) is 40.7 Å². The summed E-state index contributed by atoms with van der Waals surface area (Å²) in [6.45, 7) is 0.398. The van der Waals surface area contributed by atoms with E-state index in [4.69, 9.17) is 16.3 Å². The van der Waals surface area contributed by atoms with Crippen molar-refractivity contribution >= 4 is 51.8 Å². The molecule has 4 aromatic carbocycles. The maximum Gasteiger partial charge on any atom is 0.303 e. The van der Waals surface area contributed by atoms with Crippen LogP contribution in [0.25, 0.3) is 22.3 Å². The van der Waals surface area contributed by atoms with E-state index < -0.39 is 11.9 Å². The Morgan fingerprint density at radius 2 is 1.43 bits per heavy atom. The van der Waals surface area contributed by atoms with Gasteiger partial charge in [0.15, 0.2) is 6.04 Å². The zero-order valence-corrected chi connectivity index (χ0v) is 29.2. The number of nitrogens with zero attached hydrogens (tertiary/aromatic N) is 1. The Kier molecular flexibility index (Phi) is 11.2. The topological polar surface area (TPSA) is 58.6 Å². The number of carbonyl (C=O) groups is 2. The van der Waals surface area contributed by atoms with Crippen LogP contribution in [0.2, 0.25) is 5.02 Å². The predicted octanol–water partition coefficient (Wildman–Crippen LogP) is 9.48. The van der Waals surface area contributed by atoms with Crippen molar-refractivity contribution in [2.45, 2.75) is 18.9 Å². The number of amides is 2. The van der Waals surface area contributed by atoms with Gasteiger partial charge in [-0.05, 0) is 81.3 Å². The number of hydrogen-bond acceptors (Lipinski definition) is 5. The monoisotopic (exact) mass is 700 g/mol. The second kappa shape index (κ2) is 16.3. The molecule has 2 heterocycles. The highest BCUT2D eigenvalue weighted by atomic mass is 35.5. The summed E-state index contributed by atoms with van der Waals surface area (Å²) in [5, 5.41) is 7.51. The Morgan fingerprint density at radius 3 is 2.08 bits per heavy atom. The van der Waals surface area contributed by atoms with E-state index in [1.165, 1.54) is 23.3 Å². The highest BCUT2D eigenvalue weighted by Gasteiger charge is 2.34. The molecule has 6 aromatic rings. The Morgan fingerprint density at radius 1 is 0.796 bits per heavy atom. The molecule has 8 heteroatoms. The zero-order valence-electron chi connectivity index (χ0n) is 26.8. The van der Waals surface area contributed by atoms with Crippen LogP contribution in [-0.2, 0) is 22.4 Å². The van der Waals surface area contributed by atoms with Gasteiger partial charge in [0.05, 0.1) is 12.1 Å². The van der Waals surface area contributed by atoms with Crippen molar-refractivity contribution < 1.29 is 14.3 Å². The van der Waals surface area contributed by atoms with Crippen LogP contribution >= 0.6 is 34.3 Å². The first-order valence-electron chi connectivity index (χ1n) is 15.7. The number of hydrogen-bond donors (Lipinski definition) is 1. The standard InChI is InChI=1S/C41H33ClN2O3S2/c1-47-37-21-20-34(26-36(37)42)44(39(45)19-11-18-35-24-32(27-48-35)30-14-7-3-8-15-30)40(41(46)43-23-22-29-12-5-2-6-13-29)38-25-33(28-49-38)31-16-9-4-10-17-31/h2-10,12-17,20-21,24-28,40H,18,22-23H2,1H3,(H,43,46). The van der Waals surface area contributed by atoms with E-state index in [9.17, 15) is 9.59 Å². The number of halogens is 1. The Balaban J connectivity index is 1.34. The molecule has 0 spiro atoms. The first-order chi connectivity index (χ1) is 24.0. The molecule has 0 aliphatic carbocycles. The van der Waals surface area contributed by atoms with Gasteiger partial charge in [-0.25, -0.2) is 0 Å². The summed E-state index contributed by atoms with van der Waals surface area (Å²) in [5.74, 6) is 5.56. The molecular formula is C41H33ClN2O3S2. The number of thiophene rings is 2. The SMILES string of the molecule is COc1ccc(N(C(=O)C#CCc2cc(-c3ccccc3)cs2)C(C(=O)NCCc2ccccc2)c2cc(-c3ccccc3)cs2)cc1Cl. The largest absolute Gasteiger partial charge is 0.495 e. The summed E-state index contributed by atoms with van der Waals surface area (Å²) in [6, 6.07) is 38.2. The molecule has 244 valence electrons. The van der Waals surface area contributed by atoms with E-state index in [1.807, 2.05) is 90.3 Å². The molecule has 2 amide bonds. The van der Waals surface area contributed by atoms with Crippen LogP contribution in [0.1, 0.15) is 21.4 Å². The third-order valence-corrected chi connectivity index (χ3v) is 10.1. The summed E-state index contributed by atoms with van der Waals surface area (Å²) in [6.07, 6.45) is 1.04. The van der Waals surface area contributed by atoms with Crippen LogP contribution in [0, 0.1) is 11.8 Å². The van der Waals surface area contributed by atoms with Gasteiger partial charge in [-0.15, -0.1) is 22.7 Å². The summed E-state index contributed by atoms with van der Waals surface area (Å²) in [7, 11) is 1.53. The third-order valence-electron chi connectivity index (χ3n) is 7.91. The zero-order chi connectivity index (χ0) is 34.0. The molecule has 0 saturated heterocycles. The Labute approximate surface area is 299 Å². The van der Waals surface area contributed by atoms with Crippen LogP contribution in [-0.4, -0.2) is 25.5 Å². The summed E-state index contributed by atoms with van der Waals surface area (Å²) in [4.78, 5) is 31.6. The number of nitrogens with one attached hydrogen (secondary N) is 1. The van der Waals surface area contributed by atoms with E-state index in [1.54, 1.807) is 29.5 Å². The Hall–Kier alpha value is -5.13. The first kappa shape index (κ1) is 33.8. The van der Waals surface area contributed by atoms with E-state index >= 15 is 0 Å². The smallest absolute Gasteiger partial charge is 0.303 e. The fraction of sp³-hybridized carbons (Fsp3) is 0.122. The molecule has 5 nitrogen and oxygen atoms in total. The predicted molar refractivity (Wildman–Crippen MR) is 202 cm³/mol. The molecule has 0 aliphatic heterocycles. The molecule has 0 radical (unpaired) electrons. The van der Waals surface area contributed by atoms with Gasteiger partial charge in [-0.2, -0.15) is 0 Å². The molecule has 2 aromatic heterocycles. The molecule has 49 heavy (non-hydrogen) atoms. The van der Waals surface area contributed by atoms with Gasteiger partial charge in [0.2, 0.25) is 5.91 Å². The van der Waals surface area contributed by atoms with Crippen LogP contribution in [0.5, 0.6) is 5.75 Å². The summed E-state index contributed by atoms with van der Waals surface area (Å²) in [5.41, 5.74) is 5.76. The summed E-state index contributed by atoms with van der Waals surface area (Å²) >= 11 is 9.61. The highest BCUT2D eigenvalue weighted by Crippen LogP contribution is 2.37. The van der Waals surface area contributed by atoms with Crippen molar-refractivity contribution in [3.63, 3.8) is 0 Å². The van der Waals surface area contributed by atoms with Crippen LogP contribution < -0.4 is 15.0 Å². The van der Waals surface area contributed by atoms with Crippen LogP contribution in [0.3, 0.4) is 0 Å². The molecule has 1 unspecified atom stereocenters. The van der Waals surface area contributed by atoms with Gasteiger partial charge in [0.1, 0.15) is 5.75 Å². The molecule has 6 rings (SSSR count). The average Bonchev–Trinajstić information content (AvgIpc) is 3.82. The van der Waals surface area contributed by atoms with Gasteiger partial charge in [-0.3, -0.25) is 14.5 Å². The van der Waals surface area contributed by atoms with Gasteiger partial charge in [-0.1, -0.05) is 109 Å². The fourth-order valence-electron chi connectivity index (χ4n) is 5.43. The number of ether oxygens (including phenoxy) is 1. The quantitative estimate of drug-likeness (QED) is 0.137. The highest BCUT2D eigenvalue weighted by molar-refractivity contribution is 7.10. The lowest BCUT2D eigenvalue weighted by molar-refractivity contribution is -0.125. The van der Waals surface area contributed by atoms with Gasteiger partial charge in [0, 0.05) is 28.4 Å². The lowest BCUT2D eigenvalue weighted by Crippen LogP contribution is -2.43. The van der Waals surface area contributed by atoms with E-state index in [0.717, 1.165) is 32.7 Å². The second-order valence-corrected chi connectivity index (χ2v) is 13.5. The summed E-state index contributed by atoms with van der Waals surface area (Å²) < 4.78 is 5.39. The van der Waals surface area contributed by atoms with Crippen molar-refractivity contribution in [1.82, 2.24) is 5.32 Å². The van der Waals surface area contributed by atoms with Crippen molar-refractivity contribution in [1.29, 1.82) is 0 Å². The number of carbonyl (C=O) groups excluding carboxylic acids is 2. The second-order valence-electron chi connectivity index (χ2n) is 11.2. The number of anilines is 1. The van der Waals surface area contributed by atoms with Gasteiger partial charge in [0.25, 0.3) is 0 Å². The molecule has 1 N–H and O–H groups in total. The molecule has 0 saturated carbocycles. The third kappa shape index (κ3) is 8.48. The molecule has 0 fully saturated rings. The number of benzene rings is 4. The van der Waals surface area contributed by atoms with Gasteiger partial charge >= 0.3 is 5.91 Å². The lowest BCUT2D eigenvalue weighted by atomic mass is 10.1. The van der Waals surface area contributed by atoms with Crippen molar-refractivity contribution in [3.8, 4) is 39.8 Å². The minimum absolute atomic E-state index is 0.315. The van der Waals surface area contributed by atoms with Crippen molar-refractivity contribution in [2.75, 3.05) is 18.6 Å².